The summed E-state index contributed by atoms with van der Waals surface area (Å²) in [6.07, 6.45) is 3.84. The zero-order chi connectivity index (χ0) is 22.1. The molecule has 2 heterocycles. The van der Waals surface area contributed by atoms with Crippen molar-refractivity contribution in [2.45, 2.75) is 20.1 Å². The van der Waals surface area contributed by atoms with Crippen LogP contribution in [-0.4, -0.2) is 17.5 Å². The molecule has 1 aliphatic heterocycles. The second-order valence-corrected chi connectivity index (χ2v) is 7.63. The molecule has 0 bridgehead atoms. The fourth-order valence-corrected chi connectivity index (χ4v) is 3.95. The van der Waals surface area contributed by atoms with Crippen LogP contribution in [-0.2, 0) is 13.2 Å². The molecule has 0 saturated heterocycles. The fraction of sp³-hybridized carbons (Fsp3) is 0.148. The number of fused-ring (bicyclic) bond motifs is 2. The first kappa shape index (κ1) is 19.9. The van der Waals surface area contributed by atoms with Gasteiger partial charge in [0.15, 0.2) is 5.76 Å². The maximum atomic E-state index is 13.0. The molecule has 0 unspecified atom stereocenters. The van der Waals surface area contributed by atoms with Crippen molar-refractivity contribution in [3.8, 4) is 17.2 Å². The monoisotopic (exact) mass is 425 g/mol. The minimum Gasteiger partial charge on any atom is -0.497 e. The summed E-state index contributed by atoms with van der Waals surface area (Å²) in [4.78, 5) is 13.0. The van der Waals surface area contributed by atoms with E-state index < -0.39 is 0 Å². The lowest BCUT2D eigenvalue weighted by Crippen LogP contribution is -1.98. The van der Waals surface area contributed by atoms with Crippen LogP contribution in [0, 0.1) is 0 Å². The summed E-state index contributed by atoms with van der Waals surface area (Å²) in [6, 6.07) is 21.2. The van der Waals surface area contributed by atoms with Crippen molar-refractivity contribution >= 4 is 22.8 Å². The Morgan fingerprint density at radius 2 is 1.81 bits per heavy atom. The van der Waals surface area contributed by atoms with Gasteiger partial charge >= 0.3 is 0 Å². The molecular weight excluding hydrogens is 402 g/mol. The third kappa shape index (κ3) is 3.62. The third-order valence-corrected chi connectivity index (χ3v) is 5.64. The number of rotatable bonds is 6. The summed E-state index contributed by atoms with van der Waals surface area (Å²) < 4.78 is 19.4. The van der Waals surface area contributed by atoms with Crippen LogP contribution in [0.2, 0.25) is 0 Å². The van der Waals surface area contributed by atoms with Crippen LogP contribution in [0.4, 0.5) is 0 Å². The van der Waals surface area contributed by atoms with E-state index in [9.17, 15) is 4.79 Å². The van der Waals surface area contributed by atoms with Crippen LogP contribution >= 0.6 is 0 Å². The number of Topliss-reactive ketones (excluding diaryl/α,β-unsaturated/α-hetero) is 1. The highest BCUT2D eigenvalue weighted by Crippen LogP contribution is 2.36. The summed E-state index contributed by atoms with van der Waals surface area (Å²) >= 11 is 0. The number of aromatic nitrogens is 1. The molecule has 4 aromatic rings. The van der Waals surface area contributed by atoms with E-state index in [0.29, 0.717) is 29.4 Å². The molecule has 5 rings (SSSR count). The van der Waals surface area contributed by atoms with Crippen LogP contribution < -0.4 is 14.2 Å². The average Bonchev–Trinajstić information content (AvgIpc) is 3.34. The summed E-state index contributed by atoms with van der Waals surface area (Å²) in [5.41, 5.74) is 3.62. The summed E-state index contributed by atoms with van der Waals surface area (Å²) in [5.74, 6) is 2.12. The van der Waals surface area contributed by atoms with Gasteiger partial charge in [0.25, 0.3) is 0 Å². The lowest BCUT2D eigenvalue weighted by molar-refractivity contribution is 0.101. The molecule has 32 heavy (non-hydrogen) atoms. The number of aryl methyl sites for hydroxylation is 1. The molecule has 0 atom stereocenters. The number of allylic oxidation sites excluding steroid dienone is 1. The zero-order valence-electron chi connectivity index (χ0n) is 18.0. The number of nitrogens with zero attached hydrogens (tertiary/aromatic N) is 1. The predicted octanol–water partition coefficient (Wildman–Crippen LogP) is 5.87. The predicted molar refractivity (Wildman–Crippen MR) is 124 cm³/mol. The third-order valence-electron chi connectivity index (χ3n) is 5.64. The number of benzene rings is 3. The topological polar surface area (TPSA) is 49.7 Å². The number of methoxy groups -OCH3 is 1. The highest BCUT2D eigenvalue weighted by molar-refractivity contribution is 6.15. The van der Waals surface area contributed by atoms with Gasteiger partial charge in [-0.05, 0) is 48.9 Å². The van der Waals surface area contributed by atoms with Gasteiger partial charge in [0.2, 0.25) is 5.78 Å². The second kappa shape index (κ2) is 8.27. The van der Waals surface area contributed by atoms with Gasteiger partial charge in [0.1, 0.15) is 23.9 Å². The average molecular weight is 425 g/mol. The van der Waals surface area contributed by atoms with E-state index in [2.05, 4.69) is 11.5 Å². The van der Waals surface area contributed by atoms with Gasteiger partial charge in [0, 0.05) is 35.3 Å². The first-order valence-corrected chi connectivity index (χ1v) is 10.6. The van der Waals surface area contributed by atoms with Gasteiger partial charge in [-0.2, -0.15) is 0 Å². The van der Waals surface area contributed by atoms with E-state index in [4.69, 9.17) is 14.2 Å². The number of carbonyl (C=O) groups is 1. The molecule has 5 nitrogen and oxygen atoms in total. The zero-order valence-corrected chi connectivity index (χ0v) is 18.0. The molecule has 0 N–H and O–H groups in total. The summed E-state index contributed by atoms with van der Waals surface area (Å²) in [7, 11) is 1.65. The Morgan fingerprint density at radius 1 is 1.00 bits per heavy atom. The molecule has 0 saturated carbocycles. The van der Waals surface area contributed by atoms with Crippen molar-refractivity contribution < 1.29 is 19.0 Å². The molecule has 0 aliphatic carbocycles. The van der Waals surface area contributed by atoms with Gasteiger partial charge in [0.05, 0.1) is 12.7 Å². The maximum absolute atomic E-state index is 13.0. The van der Waals surface area contributed by atoms with Crippen LogP contribution in [0.15, 0.2) is 78.7 Å². The van der Waals surface area contributed by atoms with Crippen LogP contribution in [0.25, 0.3) is 17.0 Å². The standard InChI is InChI=1S/C27H23NO4/c1-3-28-16-19(23-14-20(30-2)10-12-24(23)28)13-26-27(29)22-11-9-21(15-25(22)32-26)31-17-18-7-5-4-6-8-18/h4-16H,3,17H2,1-2H3. The number of hydrogen-bond donors (Lipinski definition) is 0. The first-order valence-electron chi connectivity index (χ1n) is 10.6. The second-order valence-electron chi connectivity index (χ2n) is 7.63. The quantitative estimate of drug-likeness (QED) is 0.363. The number of ketones is 1. The molecule has 1 aromatic heterocycles. The van der Waals surface area contributed by atoms with Gasteiger partial charge in [-0.15, -0.1) is 0 Å². The van der Waals surface area contributed by atoms with E-state index in [1.807, 2.05) is 54.7 Å². The lowest BCUT2D eigenvalue weighted by Gasteiger charge is -2.07. The Balaban J connectivity index is 1.43. The maximum Gasteiger partial charge on any atom is 0.231 e. The van der Waals surface area contributed by atoms with E-state index >= 15 is 0 Å². The largest absolute Gasteiger partial charge is 0.497 e. The van der Waals surface area contributed by atoms with Gasteiger partial charge in [-0.1, -0.05) is 30.3 Å². The molecule has 0 amide bonds. The molecule has 0 fully saturated rings. The minimum atomic E-state index is -0.130. The Labute approximate surface area is 186 Å². The Morgan fingerprint density at radius 3 is 2.59 bits per heavy atom. The van der Waals surface area contributed by atoms with Crippen molar-refractivity contribution in [1.29, 1.82) is 0 Å². The van der Waals surface area contributed by atoms with Crippen molar-refractivity contribution in [2.75, 3.05) is 7.11 Å². The van der Waals surface area contributed by atoms with E-state index in [-0.39, 0.29) is 5.78 Å². The van der Waals surface area contributed by atoms with Crippen molar-refractivity contribution in [3.05, 3.63) is 95.4 Å². The summed E-state index contributed by atoms with van der Waals surface area (Å²) in [5, 5.41) is 1.01. The van der Waals surface area contributed by atoms with Crippen LogP contribution in [0.1, 0.15) is 28.4 Å². The lowest BCUT2D eigenvalue weighted by atomic mass is 10.1. The van der Waals surface area contributed by atoms with E-state index in [0.717, 1.165) is 34.3 Å². The number of carbonyl (C=O) groups excluding carboxylic acids is 1. The van der Waals surface area contributed by atoms with E-state index in [1.165, 1.54) is 0 Å². The first-order chi connectivity index (χ1) is 15.7. The van der Waals surface area contributed by atoms with Gasteiger partial charge < -0.3 is 18.8 Å². The Kier molecular flexibility index (Phi) is 5.15. The normalized spacial score (nSPS) is 13.9. The number of hydrogen-bond acceptors (Lipinski definition) is 4. The highest BCUT2D eigenvalue weighted by Gasteiger charge is 2.28. The van der Waals surface area contributed by atoms with Gasteiger partial charge in [-0.25, -0.2) is 0 Å². The van der Waals surface area contributed by atoms with E-state index in [1.54, 1.807) is 31.4 Å². The molecule has 0 spiro atoms. The number of ether oxygens (including phenoxy) is 3. The smallest absolute Gasteiger partial charge is 0.231 e. The molecule has 0 radical (unpaired) electrons. The van der Waals surface area contributed by atoms with Gasteiger partial charge in [-0.3, -0.25) is 4.79 Å². The van der Waals surface area contributed by atoms with Crippen LogP contribution in [0.3, 0.4) is 0 Å². The van der Waals surface area contributed by atoms with Crippen molar-refractivity contribution in [2.24, 2.45) is 0 Å². The molecule has 3 aromatic carbocycles. The Hall–Kier alpha value is -3.99. The highest BCUT2D eigenvalue weighted by atomic mass is 16.5. The fourth-order valence-electron chi connectivity index (χ4n) is 3.95. The Bertz CT molecular complexity index is 1330. The molecular formula is C27H23NO4. The summed E-state index contributed by atoms with van der Waals surface area (Å²) in [6.45, 7) is 3.36. The SMILES string of the molecule is CCn1cc(C=C2Oc3cc(OCc4ccccc4)ccc3C2=O)c2cc(OC)ccc21. The molecule has 1 aliphatic rings. The molecule has 160 valence electrons. The van der Waals surface area contributed by atoms with Crippen molar-refractivity contribution in [1.82, 2.24) is 4.57 Å². The van der Waals surface area contributed by atoms with Crippen LogP contribution in [0.5, 0.6) is 17.2 Å². The minimum absolute atomic E-state index is 0.130. The molecule has 5 heteroatoms. The van der Waals surface area contributed by atoms with Crippen molar-refractivity contribution in [3.63, 3.8) is 0 Å².